The predicted molar refractivity (Wildman–Crippen MR) is 128 cm³/mol. The van der Waals surface area contributed by atoms with E-state index < -0.39 is 0 Å². The lowest BCUT2D eigenvalue weighted by Gasteiger charge is -2.34. The zero-order valence-electron chi connectivity index (χ0n) is 17.8. The summed E-state index contributed by atoms with van der Waals surface area (Å²) >= 11 is 6.43. The van der Waals surface area contributed by atoms with Crippen molar-refractivity contribution in [3.63, 3.8) is 0 Å². The van der Waals surface area contributed by atoms with Gasteiger partial charge in [-0.2, -0.15) is 0 Å². The van der Waals surface area contributed by atoms with Crippen molar-refractivity contribution in [3.8, 4) is 0 Å². The molecule has 0 amide bonds. The van der Waals surface area contributed by atoms with Crippen molar-refractivity contribution in [1.29, 1.82) is 5.41 Å². The van der Waals surface area contributed by atoms with Gasteiger partial charge < -0.3 is 14.0 Å². The minimum absolute atomic E-state index is 0.325. The highest BCUT2D eigenvalue weighted by Crippen LogP contribution is 2.29. The number of fused-ring (bicyclic) bond motifs is 1. The average Bonchev–Trinajstić information content (AvgIpc) is 3.07. The summed E-state index contributed by atoms with van der Waals surface area (Å²) in [5, 5.41) is 9.79. The quantitative estimate of drug-likeness (QED) is 0.438. The number of benzene rings is 3. The fourth-order valence-corrected chi connectivity index (χ4v) is 4.98. The van der Waals surface area contributed by atoms with Crippen LogP contribution in [0, 0.1) is 12.3 Å². The number of imidazole rings is 1. The first-order valence-electron chi connectivity index (χ1n) is 10.9. The van der Waals surface area contributed by atoms with Crippen LogP contribution in [0.15, 0.2) is 72.8 Å². The van der Waals surface area contributed by atoms with Crippen LogP contribution in [0.1, 0.15) is 30.0 Å². The molecule has 0 bridgehead atoms. The average molecular weight is 431 g/mol. The molecule has 5 heteroatoms. The minimum Gasteiger partial charge on any atom is -0.371 e. The maximum Gasteiger partial charge on any atom is 0.203 e. The highest BCUT2D eigenvalue weighted by atomic mass is 35.5. The van der Waals surface area contributed by atoms with E-state index in [0.717, 1.165) is 47.6 Å². The van der Waals surface area contributed by atoms with Crippen molar-refractivity contribution in [1.82, 2.24) is 9.13 Å². The Bertz CT molecular complexity index is 1280. The number of hydrogen-bond acceptors (Lipinski definition) is 2. The van der Waals surface area contributed by atoms with Crippen molar-refractivity contribution in [2.75, 3.05) is 18.0 Å². The first-order valence-corrected chi connectivity index (χ1v) is 11.3. The van der Waals surface area contributed by atoms with Gasteiger partial charge in [-0.25, -0.2) is 0 Å². The number of aryl methyl sites for hydroxylation is 1. The molecule has 31 heavy (non-hydrogen) atoms. The number of piperidine rings is 1. The molecule has 0 radical (unpaired) electrons. The van der Waals surface area contributed by atoms with Gasteiger partial charge in [0.2, 0.25) is 5.62 Å². The van der Waals surface area contributed by atoms with Crippen LogP contribution in [0.4, 0.5) is 5.69 Å². The van der Waals surface area contributed by atoms with Crippen molar-refractivity contribution in [2.24, 2.45) is 0 Å². The Morgan fingerprint density at radius 1 is 0.903 bits per heavy atom. The third kappa shape index (κ3) is 3.77. The predicted octanol–water partition coefficient (Wildman–Crippen LogP) is 5.77. The van der Waals surface area contributed by atoms with Gasteiger partial charge in [0.15, 0.2) is 0 Å². The van der Waals surface area contributed by atoms with Gasteiger partial charge in [-0.3, -0.25) is 5.41 Å². The summed E-state index contributed by atoms with van der Waals surface area (Å²) in [6.07, 6.45) is 2.06. The summed E-state index contributed by atoms with van der Waals surface area (Å²) in [4.78, 5) is 2.47. The SMILES string of the molecule is Cc1cccc(N2CCC(n3c(=N)n(Cc4ccccc4Cl)c4ccccc43)CC2)c1. The monoisotopic (exact) mass is 430 g/mol. The molecule has 0 saturated carbocycles. The largest absolute Gasteiger partial charge is 0.371 e. The molecule has 3 aromatic carbocycles. The molecule has 1 saturated heterocycles. The van der Waals surface area contributed by atoms with Gasteiger partial charge in [0, 0.05) is 29.8 Å². The van der Waals surface area contributed by atoms with Crippen LogP contribution in [0.25, 0.3) is 11.0 Å². The van der Waals surface area contributed by atoms with Gasteiger partial charge in [0.25, 0.3) is 0 Å². The van der Waals surface area contributed by atoms with Crippen LogP contribution in [0.5, 0.6) is 0 Å². The molecule has 158 valence electrons. The fraction of sp³-hybridized carbons (Fsp3) is 0.269. The molecule has 1 fully saturated rings. The minimum atomic E-state index is 0.325. The molecule has 2 heterocycles. The van der Waals surface area contributed by atoms with Gasteiger partial charge in [0.1, 0.15) is 0 Å². The van der Waals surface area contributed by atoms with Gasteiger partial charge in [-0.1, -0.05) is 54.1 Å². The number of hydrogen-bond donors (Lipinski definition) is 1. The number of rotatable bonds is 4. The second kappa shape index (κ2) is 8.27. The number of nitrogens with zero attached hydrogens (tertiary/aromatic N) is 3. The van der Waals surface area contributed by atoms with Crippen molar-refractivity contribution in [3.05, 3.63) is 94.6 Å². The van der Waals surface area contributed by atoms with Crippen molar-refractivity contribution in [2.45, 2.75) is 32.4 Å². The Balaban J connectivity index is 1.46. The van der Waals surface area contributed by atoms with E-state index in [1.54, 1.807) is 0 Å². The van der Waals surface area contributed by atoms with Gasteiger partial charge in [-0.05, 0) is 61.2 Å². The Kier molecular flexibility index (Phi) is 5.33. The van der Waals surface area contributed by atoms with Crippen molar-refractivity contribution >= 4 is 28.3 Å². The van der Waals surface area contributed by atoms with E-state index in [2.05, 4.69) is 69.5 Å². The fourth-order valence-electron chi connectivity index (χ4n) is 4.79. The van der Waals surface area contributed by atoms with Crippen LogP contribution in [0.2, 0.25) is 5.02 Å². The molecular formula is C26H27ClN4. The summed E-state index contributed by atoms with van der Waals surface area (Å²) < 4.78 is 4.32. The molecule has 4 nitrogen and oxygen atoms in total. The standard InChI is InChI=1S/C26H27ClN4/c1-19-7-6-9-22(17-19)29-15-13-21(14-16-29)31-25-12-5-4-11-24(25)30(26(31)28)18-20-8-2-3-10-23(20)27/h2-12,17,21,28H,13-16,18H2,1H3. The molecule has 0 spiro atoms. The summed E-state index contributed by atoms with van der Waals surface area (Å²) in [7, 11) is 0. The zero-order valence-corrected chi connectivity index (χ0v) is 18.5. The van der Waals surface area contributed by atoms with Crippen LogP contribution < -0.4 is 10.5 Å². The number of nitrogens with one attached hydrogen (secondary N) is 1. The Hall–Kier alpha value is -2.98. The van der Waals surface area contributed by atoms with Crippen LogP contribution in [-0.2, 0) is 6.54 Å². The summed E-state index contributed by atoms with van der Waals surface area (Å²) in [5.41, 5.74) is 6.41. The molecule has 1 aliphatic heterocycles. The van der Waals surface area contributed by atoms with E-state index in [9.17, 15) is 0 Å². The lowest BCUT2D eigenvalue weighted by molar-refractivity contribution is 0.386. The lowest BCUT2D eigenvalue weighted by atomic mass is 10.0. The number of halogens is 1. The summed E-state index contributed by atoms with van der Waals surface area (Å²) in [6, 6.07) is 25.4. The molecule has 1 N–H and O–H groups in total. The number of aromatic nitrogens is 2. The van der Waals surface area contributed by atoms with E-state index in [-0.39, 0.29) is 0 Å². The van der Waals surface area contributed by atoms with Gasteiger partial charge >= 0.3 is 0 Å². The zero-order chi connectivity index (χ0) is 21.4. The normalized spacial score (nSPS) is 15.0. The highest BCUT2D eigenvalue weighted by Gasteiger charge is 2.24. The van der Waals surface area contributed by atoms with E-state index in [4.69, 9.17) is 17.0 Å². The van der Waals surface area contributed by atoms with E-state index >= 15 is 0 Å². The molecule has 1 aromatic heterocycles. The maximum absolute atomic E-state index is 9.04. The van der Waals surface area contributed by atoms with Gasteiger partial charge in [-0.15, -0.1) is 0 Å². The molecular weight excluding hydrogens is 404 g/mol. The Morgan fingerprint density at radius 3 is 2.35 bits per heavy atom. The first kappa shape index (κ1) is 20.0. The molecule has 0 atom stereocenters. The highest BCUT2D eigenvalue weighted by molar-refractivity contribution is 6.31. The maximum atomic E-state index is 9.04. The summed E-state index contributed by atoms with van der Waals surface area (Å²) in [5.74, 6) is 0. The molecule has 4 aromatic rings. The Morgan fingerprint density at radius 2 is 1.61 bits per heavy atom. The smallest absolute Gasteiger partial charge is 0.203 e. The van der Waals surface area contributed by atoms with Crippen LogP contribution >= 0.6 is 11.6 Å². The third-order valence-electron chi connectivity index (χ3n) is 6.40. The van der Waals surface area contributed by atoms with Crippen LogP contribution in [0.3, 0.4) is 0 Å². The van der Waals surface area contributed by atoms with E-state index in [1.165, 1.54) is 11.3 Å². The Labute approximate surface area is 187 Å². The number of anilines is 1. The van der Waals surface area contributed by atoms with E-state index in [0.29, 0.717) is 18.2 Å². The second-order valence-corrected chi connectivity index (χ2v) is 8.82. The third-order valence-corrected chi connectivity index (χ3v) is 6.77. The second-order valence-electron chi connectivity index (χ2n) is 8.42. The molecule has 5 rings (SSSR count). The van der Waals surface area contributed by atoms with Gasteiger partial charge in [0.05, 0.1) is 17.6 Å². The topological polar surface area (TPSA) is 37.0 Å². The van der Waals surface area contributed by atoms with E-state index in [1.807, 2.05) is 24.3 Å². The first-order chi connectivity index (χ1) is 15.1. The summed E-state index contributed by atoms with van der Waals surface area (Å²) in [6.45, 7) is 4.76. The molecule has 0 unspecified atom stereocenters. The number of para-hydroxylation sites is 2. The molecule has 1 aliphatic rings. The van der Waals surface area contributed by atoms with Crippen LogP contribution in [-0.4, -0.2) is 22.2 Å². The molecule has 0 aliphatic carbocycles. The van der Waals surface area contributed by atoms with Crippen molar-refractivity contribution < 1.29 is 0 Å². The lowest BCUT2D eigenvalue weighted by Crippen LogP contribution is -2.38.